The molecule has 0 spiro atoms. The Morgan fingerprint density at radius 2 is 1.85 bits per heavy atom. The predicted octanol–water partition coefficient (Wildman–Crippen LogP) is 3.74. The van der Waals surface area contributed by atoms with Gasteiger partial charge in [0, 0.05) is 45.0 Å². The number of pyridine rings is 1. The minimum atomic E-state index is -0.0633. The van der Waals surface area contributed by atoms with Crippen LogP contribution in [0.4, 0.5) is 5.82 Å². The van der Waals surface area contributed by atoms with Crippen LogP contribution in [-0.4, -0.2) is 50.1 Å². The number of hydrogen-bond donors (Lipinski definition) is 3. The summed E-state index contributed by atoms with van der Waals surface area (Å²) < 4.78 is 0. The van der Waals surface area contributed by atoms with Gasteiger partial charge in [-0.25, -0.2) is 9.98 Å². The lowest BCUT2D eigenvalue weighted by atomic mass is 10.1. The van der Waals surface area contributed by atoms with E-state index in [1.165, 1.54) is 25.7 Å². The highest BCUT2D eigenvalue weighted by molar-refractivity contribution is 14.0. The standard InChI is InChI=1S/C25H36N6O.HI/c1-3-27-25(29-14-11-20-9-8-10-22(17-20)24(32)26-2)30-19-21-12-13-28-23(18-21)31-15-6-4-5-7-16-31;/h8-10,12-13,17-18H,3-7,11,14-16,19H2,1-2H3,(H,26,32)(H2,27,29,30);1H. The van der Waals surface area contributed by atoms with Crippen molar-refractivity contribution in [3.05, 3.63) is 59.3 Å². The molecule has 8 heteroatoms. The van der Waals surface area contributed by atoms with Crippen molar-refractivity contribution in [2.75, 3.05) is 38.1 Å². The van der Waals surface area contributed by atoms with Gasteiger partial charge in [0.15, 0.2) is 5.96 Å². The Morgan fingerprint density at radius 1 is 1.06 bits per heavy atom. The zero-order valence-corrected chi connectivity index (χ0v) is 22.1. The first-order valence-corrected chi connectivity index (χ1v) is 11.7. The van der Waals surface area contributed by atoms with Crippen molar-refractivity contribution in [2.45, 2.75) is 45.6 Å². The number of carbonyl (C=O) groups excluding carboxylic acids is 1. The van der Waals surface area contributed by atoms with E-state index in [1.807, 2.05) is 36.5 Å². The van der Waals surface area contributed by atoms with Gasteiger partial charge in [-0.1, -0.05) is 25.0 Å². The van der Waals surface area contributed by atoms with Gasteiger partial charge in [-0.15, -0.1) is 24.0 Å². The lowest BCUT2D eigenvalue weighted by Crippen LogP contribution is -2.38. The number of anilines is 1. The molecule has 1 fully saturated rings. The van der Waals surface area contributed by atoms with Gasteiger partial charge in [-0.05, 0) is 61.6 Å². The number of amides is 1. The number of benzene rings is 1. The van der Waals surface area contributed by atoms with E-state index in [2.05, 4.69) is 38.8 Å². The van der Waals surface area contributed by atoms with Crippen LogP contribution in [-0.2, 0) is 13.0 Å². The number of guanidine groups is 1. The summed E-state index contributed by atoms with van der Waals surface area (Å²) in [6.45, 7) is 6.38. The van der Waals surface area contributed by atoms with Crippen molar-refractivity contribution < 1.29 is 4.79 Å². The lowest BCUT2D eigenvalue weighted by molar-refractivity contribution is 0.0963. The average molecular weight is 565 g/mol. The molecular formula is C25H37IN6O. The molecule has 1 aromatic carbocycles. The summed E-state index contributed by atoms with van der Waals surface area (Å²) in [6, 6.07) is 11.9. The van der Waals surface area contributed by atoms with Crippen LogP contribution in [0.2, 0.25) is 0 Å². The number of halogens is 1. The molecule has 1 aromatic heterocycles. The monoisotopic (exact) mass is 564 g/mol. The van der Waals surface area contributed by atoms with Crippen LogP contribution in [0.5, 0.6) is 0 Å². The van der Waals surface area contributed by atoms with Crippen LogP contribution in [0, 0.1) is 0 Å². The summed E-state index contributed by atoms with van der Waals surface area (Å²) >= 11 is 0. The summed E-state index contributed by atoms with van der Waals surface area (Å²) in [5.74, 6) is 1.79. The van der Waals surface area contributed by atoms with Crippen molar-refractivity contribution in [3.63, 3.8) is 0 Å². The SMILES string of the molecule is CCNC(=NCc1ccnc(N2CCCCCC2)c1)NCCc1cccc(C(=O)NC)c1.I. The van der Waals surface area contributed by atoms with Crippen molar-refractivity contribution in [2.24, 2.45) is 4.99 Å². The maximum atomic E-state index is 11.8. The molecule has 3 N–H and O–H groups in total. The van der Waals surface area contributed by atoms with Crippen LogP contribution < -0.4 is 20.9 Å². The molecule has 2 heterocycles. The van der Waals surface area contributed by atoms with Crippen LogP contribution in [0.1, 0.15) is 54.1 Å². The van der Waals surface area contributed by atoms with Gasteiger partial charge < -0.3 is 20.9 Å². The Morgan fingerprint density at radius 3 is 2.58 bits per heavy atom. The van der Waals surface area contributed by atoms with E-state index < -0.39 is 0 Å². The van der Waals surface area contributed by atoms with Crippen molar-refractivity contribution in [1.29, 1.82) is 0 Å². The summed E-state index contributed by atoms with van der Waals surface area (Å²) in [5.41, 5.74) is 2.96. The number of aromatic nitrogens is 1. The van der Waals surface area contributed by atoms with Gasteiger partial charge in [0.05, 0.1) is 6.54 Å². The summed E-state index contributed by atoms with van der Waals surface area (Å²) in [7, 11) is 1.65. The van der Waals surface area contributed by atoms with E-state index in [0.29, 0.717) is 12.1 Å². The van der Waals surface area contributed by atoms with E-state index >= 15 is 0 Å². The highest BCUT2D eigenvalue weighted by Crippen LogP contribution is 2.18. The van der Waals surface area contributed by atoms with Gasteiger partial charge in [0.25, 0.3) is 5.91 Å². The normalized spacial score (nSPS) is 14.1. The maximum absolute atomic E-state index is 11.8. The van der Waals surface area contributed by atoms with Gasteiger partial charge in [-0.2, -0.15) is 0 Å². The highest BCUT2D eigenvalue weighted by Gasteiger charge is 2.11. The number of hydrogen-bond acceptors (Lipinski definition) is 4. The van der Waals surface area contributed by atoms with E-state index in [-0.39, 0.29) is 29.9 Å². The van der Waals surface area contributed by atoms with Gasteiger partial charge in [-0.3, -0.25) is 4.79 Å². The first-order valence-electron chi connectivity index (χ1n) is 11.7. The Balaban J connectivity index is 0.00000385. The van der Waals surface area contributed by atoms with Crippen LogP contribution in [0.25, 0.3) is 0 Å². The third kappa shape index (κ3) is 8.83. The smallest absolute Gasteiger partial charge is 0.251 e. The topological polar surface area (TPSA) is 81.7 Å². The zero-order chi connectivity index (χ0) is 22.6. The zero-order valence-electron chi connectivity index (χ0n) is 19.8. The third-order valence-corrected chi connectivity index (χ3v) is 5.63. The van der Waals surface area contributed by atoms with Gasteiger partial charge >= 0.3 is 0 Å². The molecule has 1 aliphatic rings. The van der Waals surface area contributed by atoms with Crippen LogP contribution in [0.15, 0.2) is 47.6 Å². The molecular weight excluding hydrogens is 527 g/mol. The van der Waals surface area contributed by atoms with Gasteiger partial charge in [0.1, 0.15) is 5.82 Å². The highest BCUT2D eigenvalue weighted by atomic mass is 127. The molecule has 180 valence electrons. The van der Waals surface area contributed by atoms with Crippen LogP contribution in [0.3, 0.4) is 0 Å². The summed E-state index contributed by atoms with van der Waals surface area (Å²) in [6.07, 6.45) is 7.81. The second kappa shape index (κ2) is 14.7. The second-order valence-corrected chi connectivity index (χ2v) is 8.07. The molecule has 0 bridgehead atoms. The molecule has 1 saturated heterocycles. The molecule has 33 heavy (non-hydrogen) atoms. The Kier molecular flexibility index (Phi) is 12.0. The minimum absolute atomic E-state index is 0. The van der Waals surface area contributed by atoms with E-state index in [4.69, 9.17) is 4.99 Å². The molecule has 1 aliphatic heterocycles. The summed E-state index contributed by atoms with van der Waals surface area (Å²) in [5, 5.41) is 9.38. The lowest BCUT2D eigenvalue weighted by Gasteiger charge is -2.21. The first kappa shape index (κ1) is 26.9. The third-order valence-electron chi connectivity index (χ3n) is 5.63. The van der Waals surface area contributed by atoms with Crippen LogP contribution >= 0.6 is 24.0 Å². The fourth-order valence-electron chi connectivity index (χ4n) is 3.88. The fraction of sp³-hybridized carbons (Fsp3) is 0.480. The van der Waals surface area contributed by atoms with Gasteiger partial charge in [0.2, 0.25) is 0 Å². The number of carbonyl (C=O) groups is 1. The first-order chi connectivity index (χ1) is 15.7. The second-order valence-electron chi connectivity index (χ2n) is 8.07. The minimum Gasteiger partial charge on any atom is -0.357 e. The fourth-order valence-corrected chi connectivity index (χ4v) is 3.88. The quantitative estimate of drug-likeness (QED) is 0.259. The Hall–Kier alpha value is -2.36. The number of rotatable bonds is 8. The number of aliphatic imine (C=N–C) groups is 1. The van der Waals surface area contributed by atoms with E-state index in [0.717, 1.165) is 55.5 Å². The van der Waals surface area contributed by atoms with Crippen molar-refractivity contribution >= 4 is 41.7 Å². The summed E-state index contributed by atoms with van der Waals surface area (Å²) in [4.78, 5) is 23.6. The molecule has 0 atom stereocenters. The number of nitrogens with one attached hydrogen (secondary N) is 3. The predicted molar refractivity (Wildman–Crippen MR) is 147 cm³/mol. The average Bonchev–Trinajstić information content (AvgIpc) is 3.12. The molecule has 0 aliphatic carbocycles. The molecule has 0 radical (unpaired) electrons. The Bertz CT molecular complexity index is 896. The molecule has 7 nitrogen and oxygen atoms in total. The molecule has 1 amide bonds. The largest absolute Gasteiger partial charge is 0.357 e. The number of nitrogens with zero attached hydrogens (tertiary/aromatic N) is 3. The van der Waals surface area contributed by atoms with E-state index in [1.54, 1.807) is 7.05 Å². The Labute approximate surface area is 214 Å². The molecule has 0 saturated carbocycles. The molecule has 2 aromatic rings. The van der Waals surface area contributed by atoms with E-state index in [9.17, 15) is 4.79 Å². The maximum Gasteiger partial charge on any atom is 0.251 e. The molecule has 3 rings (SSSR count). The molecule has 0 unspecified atom stereocenters. The van der Waals surface area contributed by atoms with Crippen molar-refractivity contribution in [3.8, 4) is 0 Å². The van der Waals surface area contributed by atoms with Crippen molar-refractivity contribution in [1.82, 2.24) is 20.9 Å².